The minimum Gasteiger partial charge on any atom is -0.505 e. The van der Waals surface area contributed by atoms with Gasteiger partial charge in [-0.2, -0.15) is 0 Å². The van der Waals surface area contributed by atoms with E-state index in [2.05, 4.69) is 5.32 Å². The van der Waals surface area contributed by atoms with Gasteiger partial charge < -0.3 is 10.4 Å². The lowest BCUT2D eigenvalue weighted by molar-refractivity contribution is -0.116. The highest BCUT2D eigenvalue weighted by atomic mass is 19.1. The van der Waals surface area contributed by atoms with Crippen molar-refractivity contribution in [1.29, 1.82) is 0 Å². The summed E-state index contributed by atoms with van der Waals surface area (Å²) in [4.78, 5) is 11.4. The van der Waals surface area contributed by atoms with Gasteiger partial charge in [0.25, 0.3) is 0 Å². The lowest BCUT2D eigenvalue weighted by Crippen LogP contribution is -2.11. The Morgan fingerprint density at radius 3 is 2.87 bits per heavy atom. The van der Waals surface area contributed by atoms with Crippen molar-refractivity contribution >= 4 is 11.6 Å². The van der Waals surface area contributed by atoms with Gasteiger partial charge in [-0.15, -0.1) is 0 Å². The molecule has 3 nitrogen and oxygen atoms in total. The van der Waals surface area contributed by atoms with Gasteiger partial charge in [0.05, 0.1) is 0 Å². The molecule has 2 rings (SSSR count). The van der Waals surface area contributed by atoms with Crippen LogP contribution >= 0.6 is 0 Å². The molecule has 15 heavy (non-hydrogen) atoms. The summed E-state index contributed by atoms with van der Waals surface area (Å²) in [5, 5.41) is 11.5. The van der Waals surface area contributed by atoms with E-state index in [1.807, 2.05) is 0 Å². The van der Waals surface area contributed by atoms with Gasteiger partial charge in [0.15, 0.2) is 11.6 Å². The number of phenolic OH excluding ortho intramolecular Hbond substituents is 1. The van der Waals surface area contributed by atoms with Gasteiger partial charge in [-0.1, -0.05) is 0 Å². The molecule has 0 aromatic heterocycles. The fourth-order valence-corrected chi connectivity index (χ4v) is 1.38. The molecule has 80 valence electrons. The average molecular weight is 209 g/mol. The number of halogens is 1. The molecule has 0 unspecified atom stereocenters. The number of phenols is 1. The zero-order chi connectivity index (χ0) is 10.8. The smallest absolute Gasteiger partial charge is 0.224 e. The molecule has 0 saturated heterocycles. The molecular weight excluding hydrogens is 197 g/mol. The largest absolute Gasteiger partial charge is 0.505 e. The van der Waals surface area contributed by atoms with Crippen LogP contribution in [0, 0.1) is 11.7 Å². The number of anilines is 1. The number of hydrogen-bond acceptors (Lipinski definition) is 2. The Morgan fingerprint density at radius 2 is 2.27 bits per heavy atom. The first-order valence-electron chi connectivity index (χ1n) is 4.93. The van der Waals surface area contributed by atoms with Crippen LogP contribution in [0.2, 0.25) is 0 Å². The molecule has 0 atom stereocenters. The summed E-state index contributed by atoms with van der Waals surface area (Å²) in [7, 11) is 0. The van der Waals surface area contributed by atoms with Crippen LogP contribution in [0.1, 0.15) is 19.3 Å². The Balaban J connectivity index is 1.97. The number of carbonyl (C=O) groups excluding carboxylic acids is 1. The van der Waals surface area contributed by atoms with E-state index in [-0.39, 0.29) is 5.91 Å². The Labute approximate surface area is 86.9 Å². The first-order chi connectivity index (χ1) is 7.15. The Hall–Kier alpha value is -1.58. The van der Waals surface area contributed by atoms with Crippen LogP contribution in [0.15, 0.2) is 18.2 Å². The summed E-state index contributed by atoms with van der Waals surface area (Å²) in [5.74, 6) is -0.719. The second kappa shape index (κ2) is 3.88. The fourth-order valence-electron chi connectivity index (χ4n) is 1.38. The molecule has 0 aliphatic heterocycles. The van der Waals surface area contributed by atoms with E-state index in [1.54, 1.807) is 0 Å². The van der Waals surface area contributed by atoms with Gasteiger partial charge in [-0.25, -0.2) is 4.39 Å². The van der Waals surface area contributed by atoms with Gasteiger partial charge in [0.1, 0.15) is 0 Å². The van der Waals surface area contributed by atoms with E-state index in [4.69, 9.17) is 5.11 Å². The molecule has 1 saturated carbocycles. The highest BCUT2D eigenvalue weighted by Gasteiger charge is 2.24. The van der Waals surface area contributed by atoms with Gasteiger partial charge in [0.2, 0.25) is 5.91 Å². The number of benzene rings is 1. The van der Waals surface area contributed by atoms with Crippen LogP contribution in [0.3, 0.4) is 0 Å². The minimum atomic E-state index is -0.723. The first kappa shape index (κ1) is 9.96. The quantitative estimate of drug-likeness (QED) is 0.750. The summed E-state index contributed by atoms with van der Waals surface area (Å²) in [6.45, 7) is 0. The molecule has 1 aliphatic rings. The number of carbonyl (C=O) groups is 1. The molecule has 1 aromatic rings. The van der Waals surface area contributed by atoms with Crippen molar-refractivity contribution in [1.82, 2.24) is 0 Å². The standard InChI is InChI=1S/C11H12FNO2/c12-9-6-8(3-4-10(9)14)13-11(15)5-7-1-2-7/h3-4,6-7,14H,1-2,5H2,(H,13,15). The predicted molar refractivity (Wildman–Crippen MR) is 54.0 cm³/mol. The molecule has 0 radical (unpaired) electrons. The minimum absolute atomic E-state index is 0.0948. The van der Waals surface area contributed by atoms with Crippen molar-refractivity contribution < 1.29 is 14.3 Å². The Bertz CT molecular complexity index is 388. The van der Waals surface area contributed by atoms with Crippen molar-refractivity contribution in [2.75, 3.05) is 5.32 Å². The van der Waals surface area contributed by atoms with E-state index in [0.29, 0.717) is 18.0 Å². The van der Waals surface area contributed by atoms with Gasteiger partial charge in [-0.3, -0.25) is 4.79 Å². The van der Waals surface area contributed by atoms with Crippen molar-refractivity contribution in [3.63, 3.8) is 0 Å². The zero-order valence-electron chi connectivity index (χ0n) is 8.16. The monoisotopic (exact) mass is 209 g/mol. The second-order valence-electron chi connectivity index (χ2n) is 3.86. The van der Waals surface area contributed by atoms with Crippen LogP contribution in [0.4, 0.5) is 10.1 Å². The van der Waals surface area contributed by atoms with Crippen molar-refractivity contribution in [3.8, 4) is 5.75 Å². The first-order valence-corrected chi connectivity index (χ1v) is 4.93. The van der Waals surface area contributed by atoms with E-state index in [1.165, 1.54) is 12.1 Å². The topological polar surface area (TPSA) is 49.3 Å². The normalized spacial score (nSPS) is 15.0. The number of aromatic hydroxyl groups is 1. The molecule has 0 heterocycles. The highest BCUT2D eigenvalue weighted by Crippen LogP contribution is 2.32. The number of rotatable bonds is 3. The second-order valence-corrected chi connectivity index (χ2v) is 3.86. The van der Waals surface area contributed by atoms with Crippen LogP contribution in [-0.4, -0.2) is 11.0 Å². The maximum absolute atomic E-state index is 12.9. The molecule has 4 heteroatoms. The summed E-state index contributed by atoms with van der Waals surface area (Å²) in [5.41, 5.74) is 0.385. The zero-order valence-corrected chi connectivity index (χ0v) is 8.16. The van der Waals surface area contributed by atoms with E-state index in [0.717, 1.165) is 18.9 Å². The summed E-state index contributed by atoms with van der Waals surface area (Å²) >= 11 is 0. The molecule has 1 amide bonds. The van der Waals surface area contributed by atoms with Gasteiger partial charge >= 0.3 is 0 Å². The molecule has 0 spiro atoms. The molecule has 2 N–H and O–H groups in total. The van der Waals surface area contributed by atoms with Gasteiger partial charge in [0, 0.05) is 18.2 Å². The average Bonchev–Trinajstić information content (AvgIpc) is 2.95. The molecule has 1 aliphatic carbocycles. The van der Waals surface area contributed by atoms with Crippen molar-refractivity contribution in [3.05, 3.63) is 24.0 Å². The maximum atomic E-state index is 12.9. The lowest BCUT2D eigenvalue weighted by Gasteiger charge is -2.04. The fraction of sp³-hybridized carbons (Fsp3) is 0.364. The third-order valence-corrected chi connectivity index (χ3v) is 2.40. The molecule has 1 fully saturated rings. The maximum Gasteiger partial charge on any atom is 0.224 e. The van der Waals surface area contributed by atoms with Crippen molar-refractivity contribution in [2.24, 2.45) is 5.92 Å². The number of amides is 1. The van der Waals surface area contributed by atoms with E-state index in [9.17, 15) is 9.18 Å². The molecule has 0 bridgehead atoms. The highest BCUT2D eigenvalue weighted by molar-refractivity contribution is 5.91. The third-order valence-electron chi connectivity index (χ3n) is 2.40. The van der Waals surface area contributed by atoms with E-state index < -0.39 is 11.6 Å². The summed E-state index contributed by atoms with van der Waals surface area (Å²) in [6.07, 6.45) is 2.72. The SMILES string of the molecule is O=C(CC1CC1)Nc1ccc(O)c(F)c1. The van der Waals surface area contributed by atoms with Gasteiger partial charge in [-0.05, 0) is 30.9 Å². The summed E-state index contributed by atoms with van der Waals surface area (Å²) in [6, 6.07) is 3.81. The van der Waals surface area contributed by atoms with Crippen LogP contribution in [-0.2, 0) is 4.79 Å². The van der Waals surface area contributed by atoms with Crippen LogP contribution in [0.5, 0.6) is 5.75 Å². The molecular formula is C11H12FNO2. The number of nitrogens with one attached hydrogen (secondary N) is 1. The lowest BCUT2D eigenvalue weighted by atomic mass is 10.2. The third kappa shape index (κ3) is 2.68. The Kier molecular flexibility index (Phi) is 2.58. The van der Waals surface area contributed by atoms with Crippen LogP contribution < -0.4 is 5.32 Å². The van der Waals surface area contributed by atoms with Crippen LogP contribution in [0.25, 0.3) is 0 Å². The number of hydrogen-bond donors (Lipinski definition) is 2. The van der Waals surface area contributed by atoms with E-state index >= 15 is 0 Å². The summed E-state index contributed by atoms with van der Waals surface area (Å²) < 4.78 is 12.9. The predicted octanol–water partition coefficient (Wildman–Crippen LogP) is 2.27. The van der Waals surface area contributed by atoms with Crippen molar-refractivity contribution in [2.45, 2.75) is 19.3 Å². The Morgan fingerprint density at radius 1 is 1.53 bits per heavy atom. The molecule has 1 aromatic carbocycles.